The molecule has 2 atom stereocenters. The van der Waals surface area contributed by atoms with Gasteiger partial charge >= 0.3 is 0 Å². The fourth-order valence-corrected chi connectivity index (χ4v) is 3.10. The Hall–Kier alpha value is -2.55. The molecule has 1 fully saturated rings. The number of piperidine rings is 1. The second-order valence-corrected chi connectivity index (χ2v) is 7.45. The van der Waals surface area contributed by atoms with Crippen molar-refractivity contribution < 1.29 is 33.4 Å². The van der Waals surface area contributed by atoms with Crippen molar-refractivity contribution in [2.75, 3.05) is 13.1 Å². The van der Waals surface area contributed by atoms with Gasteiger partial charge in [-0.05, 0) is 36.5 Å². The zero-order valence-electron chi connectivity index (χ0n) is 16.6. The van der Waals surface area contributed by atoms with Crippen LogP contribution in [0.15, 0.2) is 18.2 Å². The number of nitrogens with zero attached hydrogens (tertiary/aromatic N) is 1. The Kier molecular flexibility index (Phi) is 10.2. The number of carbonyl (C=O) groups excluding carboxylic acids is 2. The minimum absolute atomic E-state index is 0.0996. The highest BCUT2D eigenvalue weighted by atomic mass is 19.1. The second-order valence-electron chi connectivity index (χ2n) is 7.45. The molecule has 0 unspecified atom stereocenters. The van der Waals surface area contributed by atoms with Crippen LogP contribution in [0.4, 0.5) is 8.78 Å². The molecule has 0 radical (unpaired) electrons. The van der Waals surface area contributed by atoms with E-state index in [1.165, 1.54) is 4.90 Å². The van der Waals surface area contributed by atoms with Gasteiger partial charge in [-0.3, -0.25) is 14.4 Å². The lowest BCUT2D eigenvalue weighted by Gasteiger charge is -2.36. The molecule has 9 heteroatoms. The average molecular weight is 414 g/mol. The lowest BCUT2D eigenvalue weighted by molar-refractivity contribution is -0.135. The molecule has 1 aromatic carbocycles. The number of nitrogens with one attached hydrogen (secondary N) is 1. The number of halogens is 2. The lowest BCUT2D eigenvalue weighted by Crippen LogP contribution is -2.54. The van der Waals surface area contributed by atoms with E-state index >= 15 is 0 Å². The van der Waals surface area contributed by atoms with Crippen LogP contribution in [0.3, 0.4) is 0 Å². The number of carboxylic acid groups (broad SMARTS) is 1. The largest absolute Gasteiger partial charge is 0.483 e. The zero-order valence-corrected chi connectivity index (χ0v) is 16.6. The van der Waals surface area contributed by atoms with Gasteiger partial charge in [-0.2, -0.15) is 0 Å². The zero-order chi connectivity index (χ0) is 22.0. The monoisotopic (exact) mass is 414 g/mol. The molecule has 0 aromatic heterocycles. The van der Waals surface area contributed by atoms with Crippen LogP contribution in [-0.4, -0.2) is 58.6 Å². The van der Waals surface area contributed by atoms with Gasteiger partial charge in [0.1, 0.15) is 11.6 Å². The maximum atomic E-state index is 13.3. The molecule has 1 aliphatic heterocycles. The van der Waals surface area contributed by atoms with Gasteiger partial charge < -0.3 is 20.4 Å². The maximum Gasteiger partial charge on any atom is 0.290 e. The third kappa shape index (κ3) is 9.47. The van der Waals surface area contributed by atoms with Crippen molar-refractivity contribution >= 4 is 18.3 Å². The van der Waals surface area contributed by atoms with Crippen LogP contribution in [-0.2, 0) is 20.8 Å². The van der Waals surface area contributed by atoms with E-state index in [0.717, 1.165) is 24.6 Å². The number of β-amino-alcohol motifs (C(OH)–C–C–N with tert-alkyl or cyclic N) is 1. The van der Waals surface area contributed by atoms with Crippen LogP contribution in [0.5, 0.6) is 0 Å². The van der Waals surface area contributed by atoms with E-state index in [1.807, 2.05) is 13.8 Å². The molecular formula is C20H28F2N2O5. The molecule has 1 aliphatic rings. The molecule has 2 rings (SSSR count). The van der Waals surface area contributed by atoms with E-state index in [1.54, 1.807) is 0 Å². The fourth-order valence-electron chi connectivity index (χ4n) is 3.10. The van der Waals surface area contributed by atoms with Crippen molar-refractivity contribution in [1.82, 2.24) is 10.2 Å². The topological polar surface area (TPSA) is 107 Å². The highest BCUT2D eigenvalue weighted by Gasteiger charge is 2.29. The van der Waals surface area contributed by atoms with E-state index in [4.69, 9.17) is 9.90 Å². The van der Waals surface area contributed by atoms with Crippen LogP contribution >= 0.6 is 0 Å². The van der Waals surface area contributed by atoms with Gasteiger partial charge in [0, 0.05) is 31.6 Å². The van der Waals surface area contributed by atoms with Gasteiger partial charge in [0.05, 0.1) is 12.5 Å². The molecule has 0 spiro atoms. The van der Waals surface area contributed by atoms with E-state index in [-0.39, 0.29) is 49.4 Å². The lowest BCUT2D eigenvalue weighted by atomic mass is 10.0. The Morgan fingerprint density at radius 2 is 1.83 bits per heavy atom. The van der Waals surface area contributed by atoms with Gasteiger partial charge in [0.15, 0.2) is 0 Å². The molecule has 1 aromatic rings. The van der Waals surface area contributed by atoms with E-state index in [2.05, 4.69) is 5.32 Å². The minimum atomic E-state index is -0.743. The van der Waals surface area contributed by atoms with Gasteiger partial charge in [-0.15, -0.1) is 0 Å². The molecule has 2 amide bonds. The van der Waals surface area contributed by atoms with Crippen molar-refractivity contribution in [3.8, 4) is 0 Å². The first kappa shape index (κ1) is 24.5. The Morgan fingerprint density at radius 3 is 2.38 bits per heavy atom. The van der Waals surface area contributed by atoms with Crippen molar-refractivity contribution in [3.05, 3.63) is 35.4 Å². The molecule has 1 saturated heterocycles. The summed E-state index contributed by atoms with van der Waals surface area (Å²) < 4.78 is 26.5. The Morgan fingerprint density at radius 1 is 1.24 bits per heavy atom. The number of hydrogen-bond donors (Lipinski definition) is 3. The van der Waals surface area contributed by atoms with Crippen molar-refractivity contribution in [2.24, 2.45) is 5.92 Å². The molecule has 1 heterocycles. The smallest absolute Gasteiger partial charge is 0.290 e. The fraction of sp³-hybridized carbons (Fsp3) is 0.550. The summed E-state index contributed by atoms with van der Waals surface area (Å²) in [6.07, 6.45) is 0.656. The Balaban J connectivity index is 0.00000132. The standard InChI is InChI=1S/C19H26F2N2O3.CH2O2/c1-12(2)3-4-18(25)22-16-9-17(24)11-23(10-16)19(26)7-13-5-14(20)8-15(21)6-13;2-1-3/h5-6,8,12,16-17,24H,3-4,7,9-11H2,1-2H3,(H,22,25);1H,(H,2,3)/t16-,17+;/m0./s1. The van der Waals surface area contributed by atoms with E-state index in [0.29, 0.717) is 18.8 Å². The number of hydrogen-bond acceptors (Lipinski definition) is 4. The van der Waals surface area contributed by atoms with Crippen LogP contribution in [0, 0.1) is 17.6 Å². The van der Waals surface area contributed by atoms with Crippen LogP contribution in [0.1, 0.15) is 38.7 Å². The summed E-state index contributed by atoms with van der Waals surface area (Å²) in [5, 5.41) is 19.8. The van der Waals surface area contributed by atoms with Gasteiger partial charge in [0.25, 0.3) is 6.47 Å². The van der Waals surface area contributed by atoms with Gasteiger partial charge in [0.2, 0.25) is 11.8 Å². The second kappa shape index (κ2) is 12.1. The molecule has 0 saturated carbocycles. The van der Waals surface area contributed by atoms with Crippen LogP contribution in [0.25, 0.3) is 0 Å². The van der Waals surface area contributed by atoms with Crippen molar-refractivity contribution in [3.63, 3.8) is 0 Å². The van der Waals surface area contributed by atoms with E-state index in [9.17, 15) is 23.5 Å². The molecule has 7 nitrogen and oxygen atoms in total. The highest BCUT2D eigenvalue weighted by molar-refractivity contribution is 5.79. The SMILES string of the molecule is CC(C)CCC(=O)N[C@H]1C[C@@H](O)CN(C(=O)Cc2cc(F)cc(F)c2)C1.O=CO. The predicted molar refractivity (Wildman–Crippen MR) is 102 cm³/mol. The number of aliphatic hydroxyl groups excluding tert-OH is 1. The number of benzene rings is 1. The quantitative estimate of drug-likeness (QED) is 0.615. The number of rotatable bonds is 6. The number of amides is 2. The summed E-state index contributed by atoms with van der Waals surface area (Å²) in [7, 11) is 0. The Bertz CT molecular complexity index is 679. The number of likely N-dealkylation sites (tertiary alicyclic amines) is 1. The average Bonchev–Trinajstić information content (AvgIpc) is 2.59. The summed E-state index contributed by atoms with van der Waals surface area (Å²) in [5.74, 6) is -1.49. The first-order valence-electron chi connectivity index (χ1n) is 9.42. The highest BCUT2D eigenvalue weighted by Crippen LogP contribution is 2.15. The minimum Gasteiger partial charge on any atom is -0.483 e. The molecule has 162 valence electrons. The first-order chi connectivity index (χ1) is 13.6. The third-order valence-electron chi connectivity index (χ3n) is 4.37. The van der Waals surface area contributed by atoms with Gasteiger partial charge in [-0.25, -0.2) is 8.78 Å². The Labute approximate surface area is 168 Å². The van der Waals surface area contributed by atoms with Crippen molar-refractivity contribution in [2.45, 2.75) is 51.7 Å². The molecule has 29 heavy (non-hydrogen) atoms. The summed E-state index contributed by atoms with van der Waals surface area (Å²) >= 11 is 0. The van der Waals surface area contributed by atoms with E-state index < -0.39 is 17.7 Å². The molecule has 0 bridgehead atoms. The third-order valence-corrected chi connectivity index (χ3v) is 4.37. The van der Waals surface area contributed by atoms with Crippen LogP contribution < -0.4 is 5.32 Å². The summed E-state index contributed by atoms with van der Waals surface area (Å²) in [6, 6.07) is 2.66. The van der Waals surface area contributed by atoms with Crippen molar-refractivity contribution in [1.29, 1.82) is 0 Å². The molecule has 0 aliphatic carbocycles. The summed E-state index contributed by atoms with van der Waals surface area (Å²) in [4.78, 5) is 34.2. The molecular weight excluding hydrogens is 386 g/mol. The maximum absolute atomic E-state index is 13.3. The number of carbonyl (C=O) groups is 3. The molecule has 3 N–H and O–H groups in total. The number of aliphatic hydroxyl groups is 1. The summed E-state index contributed by atoms with van der Waals surface area (Å²) in [6.45, 7) is 4.25. The predicted octanol–water partition coefficient (Wildman–Crippen LogP) is 1.72. The van der Waals surface area contributed by atoms with Crippen LogP contribution in [0.2, 0.25) is 0 Å². The first-order valence-corrected chi connectivity index (χ1v) is 9.42. The normalized spacial score (nSPS) is 18.6. The van der Waals surface area contributed by atoms with Gasteiger partial charge in [-0.1, -0.05) is 13.8 Å². The summed E-state index contributed by atoms with van der Waals surface area (Å²) in [5.41, 5.74) is 0.241.